The molecule has 1 atom stereocenters. The molecule has 130 valence electrons. The van der Waals surface area contributed by atoms with Gasteiger partial charge in [-0.25, -0.2) is 20.0 Å². The molecule has 0 aliphatic carbocycles. The van der Waals surface area contributed by atoms with Gasteiger partial charge in [-0.1, -0.05) is 30.0 Å². The maximum absolute atomic E-state index is 12.2. The van der Waals surface area contributed by atoms with Gasteiger partial charge >= 0.3 is 12.2 Å². The third kappa shape index (κ3) is 7.05. The number of hydrazine groups is 1. The van der Waals surface area contributed by atoms with Crippen molar-refractivity contribution >= 4 is 12.2 Å². The second kappa shape index (κ2) is 9.46. The molecule has 1 rings (SSSR count). The topological polar surface area (TPSA) is 67.9 Å². The van der Waals surface area contributed by atoms with E-state index in [0.29, 0.717) is 0 Å². The minimum atomic E-state index is -0.737. The van der Waals surface area contributed by atoms with E-state index in [2.05, 4.69) is 17.3 Å². The van der Waals surface area contributed by atoms with Crippen LogP contribution >= 0.6 is 0 Å². The average Bonchev–Trinajstić information content (AvgIpc) is 2.49. The summed E-state index contributed by atoms with van der Waals surface area (Å²) in [4.78, 5) is 24.0. The van der Waals surface area contributed by atoms with Gasteiger partial charge < -0.3 is 9.47 Å². The van der Waals surface area contributed by atoms with Crippen LogP contribution in [-0.2, 0) is 9.47 Å². The summed E-state index contributed by atoms with van der Waals surface area (Å²) in [5.74, 6) is 5.87. The van der Waals surface area contributed by atoms with Crippen LogP contribution in [0.25, 0.3) is 0 Å². The predicted octanol–water partition coefficient (Wildman–Crippen LogP) is 3.32. The molecule has 0 aromatic heterocycles. The number of benzene rings is 1. The van der Waals surface area contributed by atoms with Crippen LogP contribution in [0.5, 0.6) is 0 Å². The van der Waals surface area contributed by atoms with E-state index in [1.54, 1.807) is 34.6 Å². The Morgan fingerprint density at radius 2 is 1.58 bits per heavy atom. The average molecular weight is 332 g/mol. The lowest BCUT2D eigenvalue weighted by Crippen LogP contribution is -2.51. The van der Waals surface area contributed by atoms with E-state index in [1.165, 1.54) is 0 Å². The van der Waals surface area contributed by atoms with E-state index >= 15 is 0 Å². The summed E-state index contributed by atoms with van der Waals surface area (Å²) >= 11 is 0. The van der Waals surface area contributed by atoms with Crippen molar-refractivity contribution in [2.75, 3.05) is 0 Å². The van der Waals surface area contributed by atoms with Crippen LogP contribution < -0.4 is 5.43 Å². The molecule has 0 aliphatic heterocycles. The van der Waals surface area contributed by atoms with Crippen LogP contribution in [0, 0.1) is 11.8 Å². The van der Waals surface area contributed by atoms with Crippen LogP contribution in [-0.4, -0.2) is 35.4 Å². The molecule has 0 spiro atoms. The number of ether oxygens (including phenoxy) is 2. The van der Waals surface area contributed by atoms with Gasteiger partial charge in [0, 0.05) is 5.56 Å². The molecular weight excluding hydrogens is 308 g/mol. The normalized spacial score (nSPS) is 11.3. The molecule has 0 bridgehead atoms. The van der Waals surface area contributed by atoms with Crippen molar-refractivity contribution in [1.29, 1.82) is 0 Å². The van der Waals surface area contributed by atoms with Gasteiger partial charge in [0.2, 0.25) is 0 Å². The first-order valence-electron chi connectivity index (χ1n) is 7.83. The largest absolute Gasteiger partial charge is 0.446 e. The lowest BCUT2D eigenvalue weighted by Gasteiger charge is -2.26. The van der Waals surface area contributed by atoms with E-state index in [0.717, 1.165) is 10.6 Å². The molecule has 0 saturated heterocycles. The summed E-state index contributed by atoms with van der Waals surface area (Å²) in [7, 11) is 0. The highest BCUT2D eigenvalue weighted by Crippen LogP contribution is 2.03. The Kier molecular flexibility index (Phi) is 7.63. The minimum absolute atomic E-state index is 0.307. The zero-order chi connectivity index (χ0) is 18.1. The first-order valence-corrected chi connectivity index (χ1v) is 7.83. The maximum Gasteiger partial charge on any atom is 0.430 e. The van der Waals surface area contributed by atoms with Gasteiger partial charge in [-0.15, -0.1) is 0 Å². The standard InChI is InChI=1S/C18H24N2O4/c1-13(2)23-17(21)19-20(18(22)24-14(3)4)15(5)11-12-16-9-7-6-8-10-16/h6-10,13-15H,1-5H3,(H,19,21). The second-order valence-corrected chi connectivity index (χ2v) is 5.68. The molecule has 0 aliphatic rings. The van der Waals surface area contributed by atoms with Crippen LogP contribution in [0.15, 0.2) is 30.3 Å². The van der Waals surface area contributed by atoms with E-state index in [9.17, 15) is 9.59 Å². The molecule has 2 amide bonds. The molecule has 0 fully saturated rings. The highest BCUT2D eigenvalue weighted by Gasteiger charge is 2.24. The fraction of sp³-hybridized carbons (Fsp3) is 0.444. The number of nitrogens with zero attached hydrogens (tertiary/aromatic N) is 1. The highest BCUT2D eigenvalue weighted by molar-refractivity contribution is 5.74. The SMILES string of the molecule is CC(C)OC(=O)NN(C(=O)OC(C)C)C(C)C#Cc1ccccc1. The van der Waals surface area contributed by atoms with Crippen molar-refractivity contribution in [1.82, 2.24) is 10.4 Å². The molecule has 1 unspecified atom stereocenters. The van der Waals surface area contributed by atoms with Gasteiger partial charge in [0.25, 0.3) is 0 Å². The van der Waals surface area contributed by atoms with E-state index in [4.69, 9.17) is 9.47 Å². The quantitative estimate of drug-likeness (QED) is 0.681. The Bertz CT molecular complexity index is 602. The molecule has 1 N–H and O–H groups in total. The highest BCUT2D eigenvalue weighted by atomic mass is 16.6. The fourth-order valence-corrected chi connectivity index (χ4v) is 1.67. The van der Waals surface area contributed by atoms with Crippen LogP contribution in [0.3, 0.4) is 0 Å². The molecule has 24 heavy (non-hydrogen) atoms. The lowest BCUT2D eigenvalue weighted by molar-refractivity contribution is 0.0415. The van der Waals surface area contributed by atoms with Crippen molar-refractivity contribution in [2.45, 2.75) is 52.9 Å². The number of nitrogens with one attached hydrogen (secondary N) is 1. The first kappa shape index (κ1) is 19.4. The molecular formula is C18H24N2O4. The molecule has 0 saturated carbocycles. The zero-order valence-electron chi connectivity index (χ0n) is 14.7. The van der Waals surface area contributed by atoms with Crippen LogP contribution in [0.2, 0.25) is 0 Å². The molecule has 0 radical (unpaired) electrons. The summed E-state index contributed by atoms with van der Waals surface area (Å²) in [5.41, 5.74) is 3.20. The van der Waals surface area contributed by atoms with Gasteiger partial charge in [0.15, 0.2) is 0 Å². The van der Waals surface area contributed by atoms with Crippen molar-refractivity contribution in [3.05, 3.63) is 35.9 Å². The molecule has 6 heteroatoms. The van der Waals surface area contributed by atoms with E-state index in [-0.39, 0.29) is 12.2 Å². The Morgan fingerprint density at radius 3 is 2.12 bits per heavy atom. The Hall–Kier alpha value is -2.68. The summed E-state index contributed by atoms with van der Waals surface area (Å²) in [6, 6.07) is 8.75. The monoisotopic (exact) mass is 332 g/mol. The number of carbonyl (C=O) groups excluding carboxylic acids is 2. The Labute approximate surface area is 143 Å². The Morgan fingerprint density at radius 1 is 1.00 bits per heavy atom. The van der Waals surface area contributed by atoms with Gasteiger partial charge in [-0.3, -0.25) is 0 Å². The van der Waals surface area contributed by atoms with Crippen molar-refractivity contribution in [3.8, 4) is 11.8 Å². The summed E-state index contributed by atoms with van der Waals surface area (Å²) < 4.78 is 10.1. The predicted molar refractivity (Wildman–Crippen MR) is 91.0 cm³/mol. The van der Waals surface area contributed by atoms with Crippen LogP contribution in [0.4, 0.5) is 9.59 Å². The fourth-order valence-electron chi connectivity index (χ4n) is 1.67. The second-order valence-electron chi connectivity index (χ2n) is 5.68. The summed E-state index contributed by atoms with van der Waals surface area (Å²) in [5, 5.41) is 1.03. The third-order valence-corrected chi connectivity index (χ3v) is 2.67. The van der Waals surface area contributed by atoms with Crippen LogP contribution in [0.1, 0.15) is 40.2 Å². The number of carbonyl (C=O) groups is 2. The molecule has 0 heterocycles. The van der Waals surface area contributed by atoms with Gasteiger partial charge in [-0.05, 0) is 46.8 Å². The minimum Gasteiger partial charge on any atom is -0.446 e. The lowest BCUT2D eigenvalue weighted by atomic mass is 10.2. The first-order chi connectivity index (χ1) is 11.3. The van der Waals surface area contributed by atoms with Crippen molar-refractivity contribution < 1.29 is 19.1 Å². The smallest absolute Gasteiger partial charge is 0.430 e. The molecule has 6 nitrogen and oxygen atoms in total. The van der Waals surface area contributed by atoms with Crippen molar-refractivity contribution in [3.63, 3.8) is 0 Å². The van der Waals surface area contributed by atoms with Gasteiger partial charge in [0.05, 0.1) is 12.2 Å². The van der Waals surface area contributed by atoms with E-state index in [1.807, 2.05) is 30.3 Å². The van der Waals surface area contributed by atoms with Gasteiger partial charge in [-0.2, -0.15) is 0 Å². The van der Waals surface area contributed by atoms with Gasteiger partial charge in [0.1, 0.15) is 6.04 Å². The molecule has 1 aromatic rings. The Balaban J connectivity index is 2.88. The number of amides is 2. The van der Waals surface area contributed by atoms with E-state index < -0.39 is 18.2 Å². The maximum atomic E-state index is 12.2. The number of hydrogen-bond acceptors (Lipinski definition) is 4. The third-order valence-electron chi connectivity index (χ3n) is 2.67. The number of hydrogen-bond donors (Lipinski definition) is 1. The summed E-state index contributed by atoms with van der Waals surface area (Å²) in [6.07, 6.45) is -2.06. The number of rotatable bonds is 3. The molecule has 1 aromatic carbocycles. The summed E-state index contributed by atoms with van der Waals surface area (Å²) in [6.45, 7) is 8.57. The zero-order valence-corrected chi connectivity index (χ0v) is 14.7. The van der Waals surface area contributed by atoms with Crippen molar-refractivity contribution in [2.24, 2.45) is 0 Å².